The van der Waals surface area contributed by atoms with Gasteiger partial charge in [-0.2, -0.15) is 0 Å². The number of ether oxygens (including phenoxy) is 2. The van der Waals surface area contributed by atoms with Crippen molar-refractivity contribution in [2.45, 2.75) is 0 Å². The van der Waals surface area contributed by atoms with Crippen LogP contribution in [0.3, 0.4) is 0 Å². The summed E-state index contributed by atoms with van der Waals surface area (Å²) in [6.45, 7) is 0. The van der Waals surface area contributed by atoms with Crippen molar-refractivity contribution < 1.29 is 18.7 Å². The highest BCUT2D eigenvalue weighted by Crippen LogP contribution is 2.28. The van der Waals surface area contributed by atoms with Crippen LogP contribution in [0.5, 0.6) is 5.75 Å². The van der Waals surface area contributed by atoms with Gasteiger partial charge in [-0.3, -0.25) is 0 Å². The molecule has 0 fully saturated rings. The summed E-state index contributed by atoms with van der Waals surface area (Å²) in [4.78, 5) is 11.5. The molecule has 0 radical (unpaired) electrons. The fraction of sp³-hybridized carbons (Fsp3) is 0.118. The maximum Gasteiger partial charge on any atom is 0.373 e. The Bertz CT molecular complexity index is 784. The number of furan rings is 1. The minimum Gasteiger partial charge on any atom is -0.497 e. The van der Waals surface area contributed by atoms with Gasteiger partial charge in [-0.25, -0.2) is 4.79 Å². The number of rotatable bonds is 3. The van der Waals surface area contributed by atoms with Gasteiger partial charge in [0, 0.05) is 5.39 Å². The SMILES string of the molecule is COC(=O)c1cc2cc(-c3ccc(OC)cc3)ccc2o1. The topological polar surface area (TPSA) is 48.7 Å². The standard InChI is InChI=1S/C17H14O4/c1-19-14-6-3-11(4-7-14)12-5-8-15-13(9-12)10-16(21-15)17(18)20-2/h3-10H,1-2H3. The molecular weight excluding hydrogens is 268 g/mol. The zero-order valence-electron chi connectivity index (χ0n) is 11.8. The first-order valence-corrected chi connectivity index (χ1v) is 6.47. The van der Waals surface area contributed by atoms with Crippen LogP contribution in [0.4, 0.5) is 0 Å². The summed E-state index contributed by atoms with van der Waals surface area (Å²) in [7, 11) is 2.97. The largest absolute Gasteiger partial charge is 0.497 e. The Labute approximate surface area is 121 Å². The van der Waals surface area contributed by atoms with E-state index in [1.165, 1.54) is 7.11 Å². The van der Waals surface area contributed by atoms with Crippen LogP contribution >= 0.6 is 0 Å². The maximum atomic E-state index is 11.5. The summed E-state index contributed by atoms with van der Waals surface area (Å²) in [5, 5.41) is 0.865. The highest BCUT2D eigenvalue weighted by molar-refractivity contribution is 5.93. The van der Waals surface area contributed by atoms with Gasteiger partial charge in [0.15, 0.2) is 0 Å². The first-order chi connectivity index (χ1) is 10.2. The van der Waals surface area contributed by atoms with E-state index < -0.39 is 5.97 Å². The molecule has 21 heavy (non-hydrogen) atoms. The van der Waals surface area contributed by atoms with Crippen LogP contribution in [0.15, 0.2) is 52.9 Å². The summed E-state index contributed by atoms with van der Waals surface area (Å²) < 4.78 is 15.3. The van der Waals surface area contributed by atoms with Crippen LogP contribution in [0, 0.1) is 0 Å². The van der Waals surface area contributed by atoms with Crippen LogP contribution < -0.4 is 4.74 Å². The quantitative estimate of drug-likeness (QED) is 0.684. The van der Waals surface area contributed by atoms with E-state index in [0.29, 0.717) is 5.58 Å². The minimum absolute atomic E-state index is 0.208. The number of hydrogen-bond donors (Lipinski definition) is 0. The van der Waals surface area contributed by atoms with Crippen molar-refractivity contribution in [3.05, 3.63) is 54.3 Å². The Morgan fingerprint density at radius 2 is 1.67 bits per heavy atom. The monoisotopic (exact) mass is 282 g/mol. The Morgan fingerprint density at radius 1 is 0.952 bits per heavy atom. The van der Waals surface area contributed by atoms with Crippen molar-refractivity contribution in [3.8, 4) is 16.9 Å². The Kier molecular flexibility index (Phi) is 3.36. The maximum absolute atomic E-state index is 11.5. The average molecular weight is 282 g/mol. The molecule has 0 amide bonds. The van der Waals surface area contributed by atoms with Crippen LogP contribution in [0.1, 0.15) is 10.6 Å². The number of hydrogen-bond acceptors (Lipinski definition) is 4. The lowest BCUT2D eigenvalue weighted by Gasteiger charge is -2.03. The molecule has 3 aromatic rings. The van der Waals surface area contributed by atoms with Crippen molar-refractivity contribution in [3.63, 3.8) is 0 Å². The second kappa shape index (κ2) is 5.32. The van der Waals surface area contributed by atoms with Crippen molar-refractivity contribution in [1.29, 1.82) is 0 Å². The predicted molar refractivity (Wildman–Crippen MR) is 79.5 cm³/mol. The van der Waals surface area contributed by atoms with E-state index in [2.05, 4.69) is 4.74 Å². The first-order valence-electron chi connectivity index (χ1n) is 6.47. The molecular formula is C17H14O4. The van der Waals surface area contributed by atoms with Gasteiger partial charge in [0.2, 0.25) is 5.76 Å². The van der Waals surface area contributed by atoms with Crippen molar-refractivity contribution in [2.75, 3.05) is 14.2 Å². The minimum atomic E-state index is -0.475. The molecule has 2 aromatic carbocycles. The van der Waals surface area contributed by atoms with Gasteiger partial charge in [-0.05, 0) is 41.5 Å². The molecule has 0 aliphatic heterocycles. The summed E-state index contributed by atoms with van der Waals surface area (Å²) in [5.41, 5.74) is 2.77. The molecule has 4 heteroatoms. The Morgan fingerprint density at radius 3 is 2.33 bits per heavy atom. The third-order valence-electron chi connectivity index (χ3n) is 3.33. The van der Waals surface area contributed by atoms with E-state index in [1.54, 1.807) is 13.2 Å². The van der Waals surface area contributed by atoms with E-state index in [1.807, 2.05) is 42.5 Å². The molecule has 0 bridgehead atoms. The average Bonchev–Trinajstić information content (AvgIpc) is 2.97. The zero-order chi connectivity index (χ0) is 14.8. The Balaban J connectivity index is 2.01. The molecule has 0 N–H and O–H groups in total. The van der Waals surface area contributed by atoms with Gasteiger partial charge < -0.3 is 13.9 Å². The van der Waals surface area contributed by atoms with Crippen LogP contribution in [0.2, 0.25) is 0 Å². The number of benzene rings is 2. The lowest BCUT2D eigenvalue weighted by molar-refractivity contribution is 0.0567. The smallest absolute Gasteiger partial charge is 0.373 e. The molecule has 1 heterocycles. The molecule has 0 unspecified atom stereocenters. The highest BCUT2D eigenvalue weighted by Gasteiger charge is 2.12. The lowest BCUT2D eigenvalue weighted by Crippen LogP contribution is -1.97. The Hall–Kier alpha value is -2.75. The van der Waals surface area contributed by atoms with E-state index >= 15 is 0 Å². The molecule has 0 saturated heterocycles. The van der Waals surface area contributed by atoms with Crippen molar-refractivity contribution >= 4 is 16.9 Å². The van der Waals surface area contributed by atoms with Gasteiger partial charge in [0.05, 0.1) is 14.2 Å². The summed E-state index contributed by atoms with van der Waals surface area (Å²) in [5.74, 6) is 0.549. The molecule has 1 aromatic heterocycles. The zero-order valence-corrected chi connectivity index (χ0v) is 11.8. The van der Waals surface area contributed by atoms with Crippen molar-refractivity contribution in [2.24, 2.45) is 0 Å². The van der Waals surface area contributed by atoms with Gasteiger partial charge in [0.25, 0.3) is 0 Å². The highest BCUT2D eigenvalue weighted by atomic mass is 16.5. The van der Waals surface area contributed by atoms with E-state index in [4.69, 9.17) is 9.15 Å². The summed E-state index contributed by atoms with van der Waals surface area (Å²) in [6, 6.07) is 15.3. The van der Waals surface area contributed by atoms with Gasteiger partial charge in [0.1, 0.15) is 11.3 Å². The molecule has 0 aliphatic rings. The lowest BCUT2D eigenvalue weighted by atomic mass is 10.0. The van der Waals surface area contributed by atoms with Crippen molar-refractivity contribution in [1.82, 2.24) is 0 Å². The second-order valence-corrected chi connectivity index (χ2v) is 4.58. The number of fused-ring (bicyclic) bond motifs is 1. The molecule has 3 rings (SSSR count). The van der Waals surface area contributed by atoms with Gasteiger partial charge in [-0.1, -0.05) is 18.2 Å². The first kappa shape index (κ1) is 13.2. The van der Waals surface area contributed by atoms with Crippen LogP contribution in [-0.2, 0) is 4.74 Å². The molecule has 0 aliphatic carbocycles. The second-order valence-electron chi connectivity index (χ2n) is 4.58. The molecule has 0 atom stereocenters. The van der Waals surface area contributed by atoms with E-state index in [-0.39, 0.29) is 5.76 Å². The van der Waals surface area contributed by atoms with Crippen LogP contribution in [-0.4, -0.2) is 20.2 Å². The summed E-state index contributed by atoms with van der Waals surface area (Å²) in [6.07, 6.45) is 0. The molecule has 0 spiro atoms. The third kappa shape index (κ3) is 2.48. The fourth-order valence-corrected chi connectivity index (χ4v) is 2.21. The molecule has 4 nitrogen and oxygen atoms in total. The number of esters is 1. The predicted octanol–water partition coefficient (Wildman–Crippen LogP) is 3.90. The molecule has 106 valence electrons. The van der Waals surface area contributed by atoms with Crippen LogP contribution in [0.25, 0.3) is 22.1 Å². The fourth-order valence-electron chi connectivity index (χ4n) is 2.21. The van der Waals surface area contributed by atoms with Gasteiger partial charge >= 0.3 is 5.97 Å². The van der Waals surface area contributed by atoms with E-state index in [9.17, 15) is 4.79 Å². The number of carbonyl (C=O) groups is 1. The molecule has 0 saturated carbocycles. The van der Waals surface area contributed by atoms with Gasteiger partial charge in [-0.15, -0.1) is 0 Å². The summed E-state index contributed by atoms with van der Waals surface area (Å²) >= 11 is 0. The normalized spacial score (nSPS) is 10.6. The third-order valence-corrected chi connectivity index (χ3v) is 3.33. The number of methoxy groups -OCH3 is 2. The number of carbonyl (C=O) groups excluding carboxylic acids is 1. The van der Waals surface area contributed by atoms with E-state index in [0.717, 1.165) is 22.3 Å².